The Kier molecular flexibility index (Phi) is 6.60. The van der Waals surface area contributed by atoms with Crippen molar-refractivity contribution in [3.8, 4) is 23.8 Å². The Labute approximate surface area is 332 Å². The van der Waals surface area contributed by atoms with E-state index in [0.717, 1.165) is 76.8 Å². The highest BCUT2D eigenvalue weighted by Crippen LogP contribution is 2.73. The molecule has 18 rings (SSSR count). The maximum Gasteiger partial charge on any atom is 0.147 e. The molecule has 16 bridgehead atoms. The first-order chi connectivity index (χ1) is 26.8. The van der Waals surface area contributed by atoms with Gasteiger partial charge < -0.3 is 4.74 Å². The maximum atomic E-state index is 7.76. The van der Waals surface area contributed by atoms with Gasteiger partial charge in [-0.25, -0.2) is 0 Å². The number of rotatable bonds is 6. The first-order valence-corrected chi connectivity index (χ1v) is 24.3. The molecule has 2 aromatic rings. The van der Waals surface area contributed by atoms with E-state index >= 15 is 0 Å². The fraction of sp³-hybridized carbons (Fsp3) is 0.741. The van der Waals surface area contributed by atoms with E-state index in [4.69, 9.17) is 11.2 Å². The van der Waals surface area contributed by atoms with Crippen molar-refractivity contribution in [1.82, 2.24) is 0 Å². The summed E-state index contributed by atoms with van der Waals surface area (Å²) in [5.41, 5.74) is 10.0. The predicted molar refractivity (Wildman–Crippen MR) is 220 cm³/mol. The summed E-state index contributed by atoms with van der Waals surface area (Å²) in [6, 6.07) is 11.1. The zero-order valence-corrected chi connectivity index (χ0v) is 33.8. The normalized spacial score (nSPS) is 51.3. The van der Waals surface area contributed by atoms with Crippen molar-refractivity contribution in [1.29, 1.82) is 0 Å². The van der Waals surface area contributed by atoms with Gasteiger partial charge in [-0.05, 0) is 270 Å². The Balaban J connectivity index is 1.14. The standard InChI is InChI=1S/C54H66O/c1-2-45-46(51-20-32-8-33(21-51)10-34(9-32)22-51)47(52-23-35-11-36(24-52)13-37(12-35)25-52)48(53-26-38-14-39(27-53)16-40(15-38)28-53)49(50(45)55-44-6-4-3-5-7-44)54-29-41-17-42(30-54)19-43(18-41)31-54/h1,3-7,32-43H,8-31H2. The molecule has 0 saturated heterocycles. The minimum Gasteiger partial charge on any atom is -0.456 e. The van der Waals surface area contributed by atoms with Gasteiger partial charge in [-0.2, -0.15) is 0 Å². The van der Waals surface area contributed by atoms with Gasteiger partial charge in [-0.3, -0.25) is 0 Å². The van der Waals surface area contributed by atoms with Gasteiger partial charge in [0.25, 0.3) is 0 Å². The van der Waals surface area contributed by atoms with E-state index in [1.165, 1.54) is 165 Å². The minimum absolute atomic E-state index is 0.236. The lowest BCUT2D eigenvalue weighted by Crippen LogP contribution is -2.57. The molecule has 0 atom stereocenters. The van der Waals surface area contributed by atoms with Gasteiger partial charge in [0.05, 0.1) is 5.56 Å². The Bertz CT molecular complexity index is 1850. The molecule has 0 amide bonds. The fourth-order valence-corrected chi connectivity index (χ4v) is 21.3. The van der Waals surface area contributed by atoms with Crippen LogP contribution in [0.15, 0.2) is 30.3 Å². The zero-order chi connectivity index (χ0) is 35.9. The summed E-state index contributed by atoms with van der Waals surface area (Å²) >= 11 is 0. The quantitative estimate of drug-likeness (QED) is 0.269. The number of hydrogen-bond acceptors (Lipinski definition) is 1. The second-order valence-electron chi connectivity index (χ2n) is 24.6. The van der Waals surface area contributed by atoms with Crippen LogP contribution in [0.3, 0.4) is 0 Å². The van der Waals surface area contributed by atoms with Crippen molar-refractivity contribution in [2.45, 2.75) is 176 Å². The molecule has 0 heterocycles. The highest BCUT2D eigenvalue weighted by Gasteiger charge is 2.64. The maximum absolute atomic E-state index is 7.76. The number of hydrogen-bond donors (Lipinski definition) is 0. The summed E-state index contributed by atoms with van der Waals surface area (Å²) in [6.07, 6.45) is 42.7. The third-order valence-corrected chi connectivity index (χ3v) is 20.8. The third-order valence-electron chi connectivity index (χ3n) is 20.8. The van der Waals surface area contributed by atoms with E-state index in [9.17, 15) is 0 Å². The molecule has 0 spiro atoms. The summed E-state index contributed by atoms with van der Waals surface area (Å²) in [6.45, 7) is 0. The summed E-state index contributed by atoms with van der Waals surface area (Å²) in [7, 11) is 0. The molecular weight excluding hydrogens is 665 g/mol. The first kappa shape index (κ1) is 32.7. The summed E-state index contributed by atoms with van der Waals surface area (Å²) < 4.78 is 7.76. The largest absolute Gasteiger partial charge is 0.456 e. The van der Waals surface area contributed by atoms with Crippen LogP contribution >= 0.6 is 0 Å². The SMILES string of the molecule is C#Cc1c(Oc2ccccc2)c(C23CC4CC(CC(C4)C2)C3)c(C23CC4CC(CC(C4)C2)C3)c(C23CC4CC(CC(C4)C2)C3)c1C12CC3CC(CC(C3)C1)C2. The second kappa shape index (κ2) is 11.1. The molecule has 0 N–H and O–H groups in total. The van der Waals surface area contributed by atoms with Crippen LogP contribution in [0.1, 0.15) is 182 Å². The molecule has 16 fully saturated rings. The highest BCUT2D eigenvalue weighted by atomic mass is 16.5. The van der Waals surface area contributed by atoms with Crippen LogP contribution in [-0.4, -0.2) is 0 Å². The van der Waals surface area contributed by atoms with Gasteiger partial charge in [-0.1, -0.05) is 24.1 Å². The van der Waals surface area contributed by atoms with Crippen molar-refractivity contribution >= 4 is 0 Å². The van der Waals surface area contributed by atoms with Crippen molar-refractivity contribution in [3.05, 3.63) is 58.1 Å². The van der Waals surface area contributed by atoms with E-state index in [1.807, 2.05) is 11.1 Å². The highest BCUT2D eigenvalue weighted by molar-refractivity contribution is 5.71. The van der Waals surface area contributed by atoms with Crippen LogP contribution in [0.4, 0.5) is 0 Å². The average Bonchev–Trinajstić information content (AvgIpc) is 3.12. The molecule has 0 radical (unpaired) electrons. The number of ether oxygens (including phenoxy) is 1. The predicted octanol–water partition coefficient (Wildman–Crippen LogP) is 13.3. The van der Waals surface area contributed by atoms with E-state index in [-0.39, 0.29) is 10.8 Å². The monoisotopic (exact) mass is 731 g/mol. The average molecular weight is 731 g/mol. The molecule has 0 aromatic heterocycles. The van der Waals surface area contributed by atoms with Crippen LogP contribution in [0, 0.1) is 83.4 Å². The van der Waals surface area contributed by atoms with Gasteiger partial charge in [0, 0.05) is 11.0 Å². The van der Waals surface area contributed by atoms with Gasteiger partial charge in [0.15, 0.2) is 0 Å². The van der Waals surface area contributed by atoms with Crippen molar-refractivity contribution in [2.24, 2.45) is 71.0 Å². The van der Waals surface area contributed by atoms with Crippen LogP contribution in [0.25, 0.3) is 0 Å². The van der Waals surface area contributed by atoms with E-state index in [0.29, 0.717) is 10.8 Å². The molecule has 55 heavy (non-hydrogen) atoms. The lowest BCUT2D eigenvalue weighted by molar-refractivity contribution is -0.0293. The topological polar surface area (TPSA) is 9.23 Å². The van der Waals surface area contributed by atoms with Crippen LogP contribution in [0.2, 0.25) is 0 Å². The van der Waals surface area contributed by atoms with Crippen molar-refractivity contribution in [3.63, 3.8) is 0 Å². The van der Waals surface area contributed by atoms with Gasteiger partial charge in [-0.15, -0.1) is 6.42 Å². The molecule has 288 valence electrons. The number of terminal acetylenes is 1. The van der Waals surface area contributed by atoms with Crippen LogP contribution in [0.5, 0.6) is 11.5 Å². The molecule has 16 saturated carbocycles. The molecule has 1 nitrogen and oxygen atoms in total. The Morgan fingerprint density at radius 1 is 0.382 bits per heavy atom. The molecule has 1 heteroatoms. The molecule has 0 unspecified atom stereocenters. The second-order valence-corrected chi connectivity index (χ2v) is 24.6. The first-order valence-electron chi connectivity index (χ1n) is 24.3. The van der Waals surface area contributed by atoms with Crippen LogP contribution < -0.4 is 4.74 Å². The van der Waals surface area contributed by atoms with Crippen LogP contribution in [-0.2, 0) is 21.7 Å². The number of para-hydroxylation sites is 1. The molecule has 16 aliphatic rings. The Hall–Kier alpha value is -2.20. The Morgan fingerprint density at radius 3 is 0.964 bits per heavy atom. The smallest absolute Gasteiger partial charge is 0.147 e. The molecular formula is C54H66O. The Morgan fingerprint density at radius 2 is 0.655 bits per heavy atom. The van der Waals surface area contributed by atoms with Gasteiger partial charge in [0.1, 0.15) is 11.5 Å². The lowest BCUT2D eigenvalue weighted by atomic mass is 9.39. The fourth-order valence-electron chi connectivity index (χ4n) is 21.3. The third kappa shape index (κ3) is 4.56. The molecule has 16 aliphatic carbocycles. The van der Waals surface area contributed by atoms with E-state index in [2.05, 4.69) is 36.3 Å². The van der Waals surface area contributed by atoms with Crippen molar-refractivity contribution in [2.75, 3.05) is 0 Å². The van der Waals surface area contributed by atoms with Gasteiger partial charge in [0.2, 0.25) is 0 Å². The van der Waals surface area contributed by atoms with Crippen molar-refractivity contribution < 1.29 is 4.74 Å². The molecule has 2 aromatic carbocycles. The molecule has 0 aliphatic heterocycles. The summed E-state index contributed by atoms with van der Waals surface area (Å²) in [4.78, 5) is 0. The summed E-state index contributed by atoms with van der Waals surface area (Å²) in [5.74, 6) is 17.1. The summed E-state index contributed by atoms with van der Waals surface area (Å²) in [5, 5.41) is 0. The minimum atomic E-state index is 0.236. The van der Waals surface area contributed by atoms with Gasteiger partial charge >= 0.3 is 0 Å². The number of benzene rings is 2. The zero-order valence-electron chi connectivity index (χ0n) is 33.8. The van der Waals surface area contributed by atoms with E-state index in [1.54, 1.807) is 11.1 Å². The van der Waals surface area contributed by atoms with E-state index < -0.39 is 0 Å². The lowest BCUT2D eigenvalue weighted by Gasteiger charge is -2.65.